The molecule has 0 radical (unpaired) electrons. The van der Waals surface area contributed by atoms with Crippen LogP contribution < -0.4 is 0 Å². The van der Waals surface area contributed by atoms with E-state index in [2.05, 4.69) is 54.5 Å². The van der Waals surface area contributed by atoms with Crippen LogP contribution in [0, 0.1) is 0 Å². The van der Waals surface area contributed by atoms with Crippen molar-refractivity contribution in [2.24, 2.45) is 0 Å². The number of aliphatic hydroxyl groups is 3. The minimum absolute atomic E-state index is 0.0321. The number of esters is 1. The Bertz CT molecular complexity index is 1320. The van der Waals surface area contributed by atoms with Crippen LogP contribution in [0.5, 0.6) is 0 Å². The molecule has 0 aliphatic carbocycles. The normalized spacial score (nSPS) is 19.5. The fraction of sp³-hybridized carbons (Fsp3) is 0.873. The highest BCUT2D eigenvalue weighted by Crippen LogP contribution is 2.26. The van der Waals surface area contributed by atoms with Crippen LogP contribution in [0.15, 0.2) is 36.5 Å². The fourth-order valence-corrected chi connectivity index (χ4v) is 9.07. The molecule has 0 aromatic rings. The molecule has 1 saturated heterocycles. The molecule has 1 rings (SSSR count). The molecule has 13 heteroatoms. The van der Waals surface area contributed by atoms with E-state index in [0.29, 0.717) is 13.0 Å². The number of hydrogen-bond acceptors (Lipinski definition) is 11. The maximum atomic E-state index is 12.9. The molecule has 1 aliphatic rings. The predicted octanol–water partition coefficient (Wildman–Crippen LogP) is 13.3. The topological polar surface area (TPSA) is 178 Å². The Balaban J connectivity index is 2.32. The van der Waals surface area contributed by atoms with Gasteiger partial charge in [-0.05, 0) is 51.4 Å². The average Bonchev–Trinajstić information content (AvgIpc) is 3.31. The van der Waals surface area contributed by atoms with E-state index < -0.39 is 59.8 Å². The van der Waals surface area contributed by atoms with Crippen molar-refractivity contribution in [1.82, 2.24) is 0 Å². The largest absolute Gasteiger partial charge is 0.457 e. The molecule has 0 aromatic carbocycles. The van der Waals surface area contributed by atoms with Gasteiger partial charge in [0.15, 0.2) is 6.29 Å². The van der Waals surface area contributed by atoms with Crippen LogP contribution >= 0.6 is 0 Å². The summed E-state index contributed by atoms with van der Waals surface area (Å²) >= 11 is 0. The molecule has 1 fully saturated rings. The van der Waals surface area contributed by atoms with Gasteiger partial charge in [0, 0.05) is 13.0 Å². The van der Waals surface area contributed by atoms with Crippen molar-refractivity contribution in [3.8, 4) is 0 Å². The summed E-state index contributed by atoms with van der Waals surface area (Å²) in [5, 5.41) is 30.8. The van der Waals surface area contributed by atoms with E-state index in [0.717, 1.165) is 57.8 Å². The van der Waals surface area contributed by atoms with Crippen molar-refractivity contribution in [1.29, 1.82) is 0 Å². The molecule has 12 nitrogen and oxygen atoms in total. The van der Waals surface area contributed by atoms with Gasteiger partial charge in [0.2, 0.25) is 0 Å². The summed E-state index contributed by atoms with van der Waals surface area (Å²) in [6, 6.07) is 0. The lowest BCUT2D eigenvalue weighted by Crippen LogP contribution is -2.60. The number of carbonyl (C=O) groups excluding carboxylic acids is 1. The lowest BCUT2D eigenvalue weighted by atomic mass is 9.99. The average molecular weight is 987 g/mol. The highest BCUT2D eigenvalue weighted by atomic mass is 32.3. The van der Waals surface area contributed by atoms with Crippen LogP contribution in [0.4, 0.5) is 0 Å². The minimum Gasteiger partial charge on any atom is -0.457 e. The van der Waals surface area contributed by atoms with Crippen molar-refractivity contribution in [2.45, 2.75) is 282 Å². The van der Waals surface area contributed by atoms with Crippen LogP contribution in [-0.4, -0.2) is 97.5 Å². The second kappa shape index (κ2) is 46.4. The first-order chi connectivity index (χ1) is 33.1. The summed E-state index contributed by atoms with van der Waals surface area (Å²) < 4.78 is 59.4. The van der Waals surface area contributed by atoms with Gasteiger partial charge in [0.1, 0.15) is 30.5 Å². The van der Waals surface area contributed by atoms with Gasteiger partial charge in [-0.15, -0.1) is 0 Å². The first kappa shape index (κ1) is 64.3. The third-order valence-electron chi connectivity index (χ3n) is 12.8. The maximum absolute atomic E-state index is 12.9. The standard InChI is InChI=1S/C55H102O12S/c1-3-5-7-9-11-13-15-17-19-21-23-25-26-28-30-32-34-36-38-40-42-44-51(57)65-49(48-64-55-53(59)54(67-68(60,61)62)52(58)50(46-56)66-55)47-63-45-43-41-39-37-35-33-31-29-27-24-22-20-18-16-14-12-10-8-6-4-2/h12,14,18,20,24,27,49-50,52-56,58-59H,3-11,13,15-17,19,21-23,25-26,28-48H2,1-2H3,(H,60,61,62)/b14-12-,20-18-,27-24-. The number of unbranched alkanes of at least 4 members (excludes halogenated alkanes) is 30. The summed E-state index contributed by atoms with van der Waals surface area (Å²) in [5.74, 6) is -0.398. The van der Waals surface area contributed by atoms with E-state index in [4.69, 9.17) is 18.9 Å². The SMILES string of the molecule is CCCCC/C=C\C/C=C\C/C=C\CCCCCCCCCOCC(COC1OC(CO)C(O)C(OS(=O)(=O)O)C1O)OC(=O)CCCCCCCCCCCCCCCCCCCCCCC. The quantitative estimate of drug-likeness (QED) is 0.0197. The molecule has 0 amide bonds. The zero-order valence-electron chi connectivity index (χ0n) is 43.2. The number of hydrogen-bond donors (Lipinski definition) is 4. The molecule has 0 saturated carbocycles. The summed E-state index contributed by atoms with van der Waals surface area (Å²) in [6.07, 6.45) is 47.5. The molecule has 1 aliphatic heterocycles. The fourth-order valence-electron chi connectivity index (χ4n) is 8.56. The Kier molecular flexibility index (Phi) is 43.9. The van der Waals surface area contributed by atoms with E-state index in [-0.39, 0.29) is 19.6 Å². The van der Waals surface area contributed by atoms with Crippen molar-refractivity contribution >= 4 is 16.4 Å². The van der Waals surface area contributed by atoms with Gasteiger partial charge in [-0.3, -0.25) is 9.35 Å². The Labute approximate surface area is 415 Å². The van der Waals surface area contributed by atoms with Crippen molar-refractivity contribution in [3.05, 3.63) is 36.5 Å². The van der Waals surface area contributed by atoms with E-state index in [9.17, 15) is 33.1 Å². The number of allylic oxidation sites excluding steroid dienone is 6. The lowest BCUT2D eigenvalue weighted by molar-refractivity contribution is -0.301. The van der Waals surface area contributed by atoms with E-state index in [1.54, 1.807) is 0 Å². The molecule has 6 atom stereocenters. The van der Waals surface area contributed by atoms with Gasteiger partial charge < -0.3 is 34.3 Å². The van der Waals surface area contributed by atoms with Gasteiger partial charge in [-0.2, -0.15) is 8.42 Å². The van der Waals surface area contributed by atoms with Crippen molar-refractivity contribution in [2.75, 3.05) is 26.4 Å². The Morgan fingerprint density at radius 2 is 0.971 bits per heavy atom. The van der Waals surface area contributed by atoms with Gasteiger partial charge in [0.25, 0.3) is 0 Å². The van der Waals surface area contributed by atoms with Crippen LogP contribution in [-0.2, 0) is 38.3 Å². The van der Waals surface area contributed by atoms with Crippen molar-refractivity contribution in [3.63, 3.8) is 0 Å². The van der Waals surface area contributed by atoms with Gasteiger partial charge in [0.05, 0.1) is 19.8 Å². The third-order valence-corrected chi connectivity index (χ3v) is 13.2. The predicted molar refractivity (Wildman–Crippen MR) is 276 cm³/mol. The first-order valence-corrected chi connectivity index (χ1v) is 29.1. The molecular formula is C55H102O12S. The highest BCUT2D eigenvalue weighted by Gasteiger charge is 2.48. The van der Waals surface area contributed by atoms with Gasteiger partial charge >= 0.3 is 16.4 Å². The summed E-state index contributed by atoms with van der Waals surface area (Å²) in [6.45, 7) is 3.99. The second-order valence-corrected chi connectivity index (χ2v) is 20.2. The zero-order chi connectivity index (χ0) is 49.6. The molecule has 400 valence electrons. The van der Waals surface area contributed by atoms with Crippen molar-refractivity contribution < 1.29 is 56.2 Å². The summed E-state index contributed by atoms with van der Waals surface area (Å²) in [7, 11) is -5.07. The molecule has 1 heterocycles. The number of ether oxygens (including phenoxy) is 4. The highest BCUT2D eigenvalue weighted by molar-refractivity contribution is 7.80. The number of aliphatic hydroxyl groups excluding tert-OH is 3. The van der Waals surface area contributed by atoms with Crippen LogP contribution in [0.25, 0.3) is 0 Å². The molecule has 0 spiro atoms. The zero-order valence-corrected chi connectivity index (χ0v) is 44.0. The summed E-state index contributed by atoms with van der Waals surface area (Å²) in [4.78, 5) is 12.9. The van der Waals surface area contributed by atoms with E-state index in [1.165, 1.54) is 161 Å². The molecule has 4 N–H and O–H groups in total. The Hall–Kier alpha value is -1.68. The van der Waals surface area contributed by atoms with E-state index in [1.807, 2.05) is 0 Å². The number of rotatable bonds is 49. The molecule has 68 heavy (non-hydrogen) atoms. The minimum atomic E-state index is -5.07. The van der Waals surface area contributed by atoms with Crippen LogP contribution in [0.2, 0.25) is 0 Å². The maximum Gasteiger partial charge on any atom is 0.397 e. The van der Waals surface area contributed by atoms with Gasteiger partial charge in [-0.25, -0.2) is 4.18 Å². The monoisotopic (exact) mass is 987 g/mol. The first-order valence-electron chi connectivity index (χ1n) is 27.7. The van der Waals surface area contributed by atoms with E-state index >= 15 is 0 Å². The summed E-state index contributed by atoms with van der Waals surface area (Å²) in [5.41, 5.74) is 0. The van der Waals surface area contributed by atoms with Gasteiger partial charge in [-0.1, -0.05) is 224 Å². The smallest absolute Gasteiger partial charge is 0.397 e. The number of carbonyl (C=O) groups is 1. The molecular weight excluding hydrogens is 885 g/mol. The molecule has 6 unspecified atom stereocenters. The third kappa shape index (κ3) is 39.0. The molecule has 0 bridgehead atoms. The van der Waals surface area contributed by atoms with Crippen LogP contribution in [0.1, 0.15) is 245 Å². The van der Waals surface area contributed by atoms with Crippen LogP contribution in [0.3, 0.4) is 0 Å². The Morgan fingerprint density at radius 3 is 1.44 bits per heavy atom. The lowest BCUT2D eigenvalue weighted by Gasteiger charge is -2.41. The molecule has 0 aromatic heterocycles. The second-order valence-electron chi connectivity index (χ2n) is 19.2. The Morgan fingerprint density at radius 1 is 0.559 bits per heavy atom.